The summed E-state index contributed by atoms with van der Waals surface area (Å²) in [6, 6.07) is 8.68. The van der Waals surface area contributed by atoms with Crippen molar-refractivity contribution in [2.45, 2.75) is 6.92 Å². The third kappa shape index (κ3) is 2.88. The maximum absolute atomic E-state index is 5.25. The van der Waals surface area contributed by atoms with E-state index in [1.165, 1.54) is 11.3 Å². The van der Waals surface area contributed by atoms with E-state index in [2.05, 4.69) is 46.3 Å². The van der Waals surface area contributed by atoms with Crippen molar-refractivity contribution in [3.8, 4) is 0 Å². The standard InChI is InChI=1S/C13H19N3S/c1-11-4-3-5-12(10-11)15-6-8-16(9-7-15)13(17)14-2/h3-5,10H,6-9H2,1-2H3,(H,14,17). The number of piperazine rings is 1. The molecule has 2 rings (SSSR count). The summed E-state index contributed by atoms with van der Waals surface area (Å²) >= 11 is 5.25. The normalized spacial score (nSPS) is 15.9. The minimum atomic E-state index is 0.855. The second-order valence-electron chi connectivity index (χ2n) is 4.37. The first-order chi connectivity index (χ1) is 8.20. The highest BCUT2D eigenvalue weighted by Crippen LogP contribution is 2.17. The zero-order valence-corrected chi connectivity index (χ0v) is 11.3. The summed E-state index contributed by atoms with van der Waals surface area (Å²) in [5.41, 5.74) is 2.63. The first kappa shape index (κ1) is 12.2. The van der Waals surface area contributed by atoms with Crippen LogP contribution in [-0.2, 0) is 0 Å². The van der Waals surface area contributed by atoms with Gasteiger partial charge in [0.25, 0.3) is 0 Å². The van der Waals surface area contributed by atoms with Crippen LogP contribution in [0.15, 0.2) is 24.3 Å². The van der Waals surface area contributed by atoms with E-state index in [1.807, 2.05) is 7.05 Å². The highest BCUT2D eigenvalue weighted by Gasteiger charge is 2.18. The molecule has 0 saturated carbocycles. The van der Waals surface area contributed by atoms with Crippen molar-refractivity contribution in [3.63, 3.8) is 0 Å². The van der Waals surface area contributed by atoms with Gasteiger partial charge in [-0.1, -0.05) is 12.1 Å². The van der Waals surface area contributed by atoms with Gasteiger partial charge in [0.2, 0.25) is 0 Å². The molecule has 1 aromatic rings. The summed E-state index contributed by atoms with van der Waals surface area (Å²) in [6.45, 7) is 6.19. The van der Waals surface area contributed by atoms with E-state index in [9.17, 15) is 0 Å². The topological polar surface area (TPSA) is 18.5 Å². The summed E-state index contributed by atoms with van der Waals surface area (Å²) in [5.74, 6) is 0. The van der Waals surface area contributed by atoms with Gasteiger partial charge in [-0.2, -0.15) is 0 Å². The zero-order valence-electron chi connectivity index (χ0n) is 10.4. The maximum Gasteiger partial charge on any atom is 0.168 e. The number of hydrogen-bond acceptors (Lipinski definition) is 2. The number of anilines is 1. The van der Waals surface area contributed by atoms with E-state index in [4.69, 9.17) is 12.2 Å². The van der Waals surface area contributed by atoms with Crippen molar-refractivity contribution in [1.82, 2.24) is 10.2 Å². The lowest BCUT2D eigenvalue weighted by molar-refractivity contribution is 0.383. The number of nitrogens with one attached hydrogen (secondary N) is 1. The molecule has 0 aromatic heterocycles. The molecule has 1 saturated heterocycles. The van der Waals surface area contributed by atoms with E-state index >= 15 is 0 Å². The average Bonchev–Trinajstić information content (AvgIpc) is 2.38. The van der Waals surface area contributed by atoms with Gasteiger partial charge in [-0.05, 0) is 36.8 Å². The van der Waals surface area contributed by atoms with Crippen LogP contribution in [0.25, 0.3) is 0 Å². The quantitative estimate of drug-likeness (QED) is 0.762. The second-order valence-corrected chi connectivity index (χ2v) is 4.75. The molecule has 0 bridgehead atoms. The molecule has 1 fully saturated rings. The van der Waals surface area contributed by atoms with Gasteiger partial charge < -0.3 is 15.1 Å². The molecule has 1 aromatic carbocycles. The third-order valence-corrected chi connectivity index (χ3v) is 3.61. The van der Waals surface area contributed by atoms with Crippen LogP contribution in [0.1, 0.15) is 5.56 Å². The summed E-state index contributed by atoms with van der Waals surface area (Å²) in [6.07, 6.45) is 0. The number of nitrogens with zero attached hydrogens (tertiary/aromatic N) is 2. The molecular weight excluding hydrogens is 230 g/mol. The van der Waals surface area contributed by atoms with Gasteiger partial charge in [-0.15, -0.1) is 0 Å². The Morgan fingerprint density at radius 1 is 1.24 bits per heavy atom. The van der Waals surface area contributed by atoms with E-state index < -0.39 is 0 Å². The highest BCUT2D eigenvalue weighted by molar-refractivity contribution is 7.80. The number of hydrogen-bond donors (Lipinski definition) is 1. The molecule has 1 aliphatic rings. The minimum Gasteiger partial charge on any atom is -0.368 e. The smallest absolute Gasteiger partial charge is 0.168 e. The van der Waals surface area contributed by atoms with E-state index in [0.29, 0.717) is 0 Å². The van der Waals surface area contributed by atoms with Gasteiger partial charge >= 0.3 is 0 Å². The molecule has 0 unspecified atom stereocenters. The molecule has 3 nitrogen and oxygen atoms in total. The molecule has 92 valence electrons. The SMILES string of the molecule is CNC(=S)N1CCN(c2cccc(C)c2)CC1. The first-order valence-electron chi connectivity index (χ1n) is 5.99. The van der Waals surface area contributed by atoms with E-state index in [-0.39, 0.29) is 0 Å². The number of aryl methyl sites for hydroxylation is 1. The van der Waals surface area contributed by atoms with E-state index in [1.54, 1.807) is 0 Å². The monoisotopic (exact) mass is 249 g/mol. The van der Waals surface area contributed by atoms with Gasteiger partial charge in [-0.25, -0.2) is 0 Å². The van der Waals surface area contributed by atoms with Crippen molar-refractivity contribution in [3.05, 3.63) is 29.8 Å². The van der Waals surface area contributed by atoms with Crippen molar-refractivity contribution in [2.24, 2.45) is 0 Å². The molecule has 0 atom stereocenters. The lowest BCUT2D eigenvalue weighted by atomic mass is 10.2. The van der Waals surface area contributed by atoms with Crippen LogP contribution in [0.2, 0.25) is 0 Å². The van der Waals surface area contributed by atoms with Crippen LogP contribution in [0.4, 0.5) is 5.69 Å². The van der Waals surface area contributed by atoms with Crippen LogP contribution in [-0.4, -0.2) is 43.2 Å². The van der Waals surface area contributed by atoms with Gasteiger partial charge in [0.05, 0.1) is 0 Å². The fraction of sp³-hybridized carbons (Fsp3) is 0.462. The molecule has 17 heavy (non-hydrogen) atoms. The van der Waals surface area contributed by atoms with Crippen LogP contribution in [0, 0.1) is 6.92 Å². The van der Waals surface area contributed by atoms with Crippen molar-refractivity contribution >= 4 is 23.0 Å². The first-order valence-corrected chi connectivity index (χ1v) is 6.40. The Morgan fingerprint density at radius 2 is 1.94 bits per heavy atom. The lowest BCUT2D eigenvalue weighted by Gasteiger charge is -2.37. The van der Waals surface area contributed by atoms with Crippen molar-refractivity contribution in [1.29, 1.82) is 0 Å². The number of rotatable bonds is 1. The maximum atomic E-state index is 5.25. The Labute approximate surface area is 108 Å². The fourth-order valence-corrected chi connectivity index (χ4v) is 2.33. The minimum absolute atomic E-state index is 0.855. The molecule has 1 heterocycles. The molecule has 1 aliphatic heterocycles. The highest BCUT2D eigenvalue weighted by atomic mass is 32.1. The van der Waals surface area contributed by atoms with Gasteiger partial charge in [0, 0.05) is 38.9 Å². The second kappa shape index (κ2) is 5.36. The van der Waals surface area contributed by atoms with Crippen LogP contribution < -0.4 is 10.2 Å². The van der Waals surface area contributed by atoms with Gasteiger partial charge in [0.15, 0.2) is 5.11 Å². The number of benzene rings is 1. The Hall–Kier alpha value is -1.29. The zero-order chi connectivity index (χ0) is 12.3. The summed E-state index contributed by atoms with van der Waals surface area (Å²) in [4.78, 5) is 4.64. The van der Waals surface area contributed by atoms with Crippen LogP contribution >= 0.6 is 12.2 Å². The lowest BCUT2D eigenvalue weighted by Crippen LogP contribution is -2.51. The van der Waals surface area contributed by atoms with Crippen molar-refractivity contribution < 1.29 is 0 Å². The Morgan fingerprint density at radius 3 is 2.53 bits per heavy atom. The number of thiocarbonyl (C=S) groups is 1. The third-order valence-electron chi connectivity index (χ3n) is 3.15. The molecular formula is C13H19N3S. The van der Waals surface area contributed by atoms with Crippen LogP contribution in [0.5, 0.6) is 0 Å². The average molecular weight is 249 g/mol. The van der Waals surface area contributed by atoms with E-state index in [0.717, 1.165) is 31.3 Å². The van der Waals surface area contributed by atoms with Gasteiger partial charge in [0.1, 0.15) is 0 Å². The molecule has 0 aliphatic carbocycles. The summed E-state index contributed by atoms with van der Waals surface area (Å²) in [7, 11) is 1.88. The fourth-order valence-electron chi connectivity index (χ4n) is 2.15. The molecule has 1 N–H and O–H groups in total. The Kier molecular flexibility index (Phi) is 3.84. The predicted octanol–water partition coefficient (Wildman–Crippen LogP) is 1.62. The van der Waals surface area contributed by atoms with Crippen molar-refractivity contribution in [2.75, 3.05) is 38.1 Å². The molecule has 0 radical (unpaired) electrons. The summed E-state index contributed by atoms with van der Waals surface area (Å²) < 4.78 is 0. The van der Waals surface area contributed by atoms with Gasteiger partial charge in [-0.3, -0.25) is 0 Å². The Balaban J connectivity index is 1.97. The largest absolute Gasteiger partial charge is 0.368 e. The predicted molar refractivity (Wildman–Crippen MR) is 76.6 cm³/mol. The summed E-state index contributed by atoms with van der Waals surface area (Å²) in [5, 5.41) is 3.89. The Bertz CT molecular complexity index is 397. The molecule has 4 heteroatoms. The molecule has 0 spiro atoms. The van der Waals surface area contributed by atoms with Crippen LogP contribution in [0.3, 0.4) is 0 Å². The molecule has 0 amide bonds.